The fourth-order valence-corrected chi connectivity index (χ4v) is 2.13. The molecule has 1 atom stereocenters. The van der Waals surface area contributed by atoms with Gasteiger partial charge in [-0.3, -0.25) is 9.78 Å². The Morgan fingerprint density at radius 1 is 1.42 bits per heavy atom. The minimum absolute atomic E-state index is 0.350. The minimum atomic E-state index is -0.634. The van der Waals surface area contributed by atoms with Crippen molar-refractivity contribution < 1.29 is 9.53 Å². The van der Waals surface area contributed by atoms with Crippen molar-refractivity contribution in [3.63, 3.8) is 0 Å². The van der Waals surface area contributed by atoms with Crippen molar-refractivity contribution in [1.29, 1.82) is 0 Å². The van der Waals surface area contributed by atoms with E-state index in [4.69, 9.17) is 10.5 Å². The Kier molecular flexibility index (Phi) is 4.12. The molecule has 0 aliphatic carbocycles. The topological polar surface area (TPSA) is 65.2 Å². The Bertz CT molecular complexity index is 596. The Hall–Kier alpha value is -1.94. The average Bonchev–Trinajstić information content (AvgIpc) is 2.38. The zero-order chi connectivity index (χ0) is 13.8. The van der Waals surface area contributed by atoms with Gasteiger partial charge >= 0.3 is 5.97 Å². The highest BCUT2D eigenvalue weighted by atomic mass is 16.5. The van der Waals surface area contributed by atoms with Gasteiger partial charge in [0, 0.05) is 11.1 Å². The molecule has 0 aliphatic heterocycles. The molecular formula is C15H18N2O2. The molecule has 0 aliphatic rings. The van der Waals surface area contributed by atoms with Crippen LogP contribution in [0.4, 0.5) is 0 Å². The molecule has 0 amide bonds. The van der Waals surface area contributed by atoms with Crippen LogP contribution in [0.2, 0.25) is 0 Å². The Morgan fingerprint density at radius 3 is 2.89 bits per heavy atom. The van der Waals surface area contributed by atoms with E-state index in [0.717, 1.165) is 22.2 Å². The lowest BCUT2D eigenvalue weighted by Gasteiger charge is -2.13. The Labute approximate surface area is 112 Å². The largest absolute Gasteiger partial charge is 0.465 e. The molecule has 4 nitrogen and oxygen atoms in total. The first-order valence-electron chi connectivity index (χ1n) is 6.39. The highest BCUT2D eigenvalue weighted by molar-refractivity contribution is 5.84. The molecule has 2 aromatic rings. The highest BCUT2D eigenvalue weighted by Gasteiger charge is 2.16. The number of carbonyl (C=O) groups excluding carboxylic acids is 1. The number of hydrogen-bond acceptors (Lipinski definition) is 4. The first kappa shape index (κ1) is 13.5. The van der Waals surface area contributed by atoms with Gasteiger partial charge in [-0.1, -0.05) is 18.2 Å². The highest BCUT2D eigenvalue weighted by Crippen LogP contribution is 2.19. The summed E-state index contributed by atoms with van der Waals surface area (Å²) < 4.78 is 4.94. The molecule has 0 saturated carbocycles. The Morgan fingerprint density at radius 2 is 2.16 bits per heavy atom. The number of ether oxygens (including phenoxy) is 1. The van der Waals surface area contributed by atoms with Crippen LogP contribution in [0.25, 0.3) is 10.9 Å². The van der Waals surface area contributed by atoms with Crippen molar-refractivity contribution in [2.24, 2.45) is 5.73 Å². The lowest BCUT2D eigenvalue weighted by molar-refractivity contribution is -0.144. The molecule has 0 bridgehead atoms. The van der Waals surface area contributed by atoms with E-state index in [9.17, 15) is 4.79 Å². The van der Waals surface area contributed by atoms with Crippen LogP contribution in [0, 0.1) is 6.92 Å². The van der Waals surface area contributed by atoms with Crippen molar-refractivity contribution in [2.45, 2.75) is 26.3 Å². The zero-order valence-electron chi connectivity index (χ0n) is 11.2. The number of esters is 1. The fraction of sp³-hybridized carbons (Fsp3) is 0.333. The van der Waals surface area contributed by atoms with Crippen LogP contribution in [-0.4, -0.2) is 23.6 Å². The van der Waals surface area contributed by atoms with Crippen LogP contribution in [0.15, 0.2) is 30.3 Å². The van der Waals surface area contributed by atoms with Gasteiger partial charge in [-0.15, -0.1) is 0 Å². The molecule has 1 unspecified atom stereocenters. The standard InChI is InChI=1S/C15H18N2O2/c1-3-19-15(18)13(16)9-11-8-10(2)17-14-7-5-4-6-12(11)14/h4-8,13H,3,9,16H2,1-2H3. The molecule has 0 fully saturated rings. The second-order valence-electron chi connectivity index (χ2n) is 4.50. The first-order valence-corrected chi connectivity index (χ1v) is 6.39. The first-order chi connectivity index (χ1) is 9.11. The summed E-state index contributed by atoms with van der Waals surface area (Å²) in [4.78, 5) is 16.1. The summed E-state index contributed by atoms with van der Waals surface area (Å²) in [6.45, 7) is 4.06. The van der Waals surface area contributed by atoms with E-state index >= 15 is 0 Å². The number of aromatic nitrogens is 1. The van der Waals surface area contributed by atoms with Gasteiger partial charge in [0.05, 0.1) is 12.1 Å². The smallest absolute Gasteiger partial charge is 0.323 e. The minimum Gasteiger partial charge on any atom is -0.465 e. The Balaban J connectivity index is 2.32. The normalized spacial score (nSPS) is 12.4. The number of aryl methyl sites for hydroxylation is 1. The van der Waals surface area contributed by atoms with Gasteiger partial charge in [-0.05, 0) is 38.0 Å². The van der Waals surface area contributed by atoms with E-state index in [1.54, 1.807) is 6.92 Å². The second kappa shape index (κ2) is 5.80. The summed E-state index contributed by atoms with van der Waals surface area (Å²) in [5.41, 5.74) is 8.76. The van der Waals surface area contributed by atoms with Crippen molar-refractivity contribution in [3.8, 4) is 0 Å². The summed E-state index contributed by atoms with van der Waals surface area (Å²) in [5, 5.41) is 1.04. The maximum absolute atomic E-state index is 11.6. The van der Waals surface area contributed by atoms with Crippen molar-refractivity contribution in [2.75, 3.05) is 6.61 Å². The number of hydrogen-bond donors (Lipinski definition) is 1. The SMILES string of the molecule is CCOC(=O)C(N)Cc1cc(C)nc2ccccc12. The van der Waals surface area contributed by atoms with E-state index in [0.29, 0.717) is 13.0 Å². The van der Waals surface area contributed by atoms with Crippen LogP contribution in [0.3, 0.4) is 0 Å². The fourth-order valence-electron chi connectivity index (χ4n) is 2.13. The maximum Gasteiger partial charge on any atom is 0.323 e. The third-order valence-electron chi connectivity index (χ3n) is 2.96. The average molecular weight is 258 g/mol. The number of benzene rings is 1. The zero-order valence-corrected chi connectivity index (χ0v) is 11.2. The molecular weight excluding hydrogens is 240 g/mol. The number of pyridine rings is 1. The van der Waals surface area contributed by atoms with Gasteiger partial charge in [-0.2, -0.15) is 0 Å². The molecule has 4 heteroatoms. The number of carbonyl (C=O) groups is 1. The number of nitrogens with two attached hydrogens (primary N) is 1. The lowest BCUT2D eigenvalue weighted by atomic mass is 10.0. The van der Waals surface area contributed by atoms with Gasteiger partial charge in [0.2, 0.25) is 0 Å². The van der Waals surface area contributed by atoms with Crippen molar-refractivity contribution in [3.05, 3.63) is 41.6 Å². The van der Waals surface area contributed by atoms with Crippen LogP contribution in [-0.2, 0) is 16.0 Å². The lowest BCUT2D eigenvalue weighted by Crippen LogP contribution is -2.34. The number of nitrogens with zero attached hydrogens (tertiary/aromatic N) is 1. The van der Waals surface area contributed by atoms with Crippen LogP contribution in [0.5, 0.6) is 0 Å². The number of para-hydroxylation sites is 1. The molecule has 100 valence electrons. The van der Waals surface area contributed by atoms with E-state index in [-0.39, 0.29) is 5.97 Å². The molecule has 2 rings (SSSR count). The van der Waals surface area contributed by atoms with E-state index in [1.807, 2.05) is 37.3 Å². The van der Waals surface area contributed by atoms with Gasteiger partial charge in [-0.25, -0.2) is 0 Å². The number of rotatable bonds is 4. The third kappa shape index (κ3) is 3.09. The van der Waals surface area contributed by atoms with E-state index in [2.05, 4.69) is 4.98 Å². The van der Waals surface area contributed by atoms with Crippen LogP contribution < -0.4 is 5.73 Å². The van der Waals surface area contributed by atoms with Crippen molar-refractivity contribution in [1.82, 2.24) is 4.98 Å². The van der Waals surface area contributed by atoms with E-state index in [1.165, 1.54) is 0 Å². The summed E-state index contributed by atoms with van der Waals surface area (Å²) >= 11 is 0. The molecule has 0 spiro atoms. The van der Waals surface area contributed by atoms with Crippen LogP contribution in [0.1, 0.15) is 18.2 Å². The van der Waals surface area contributed by atoms with Crippen molar-refractivity contribution >= 4 is 16.9 Å². The van der Waals surface area contributed by atoms with Gasteiger partial charge in [0.15, 0.2) is 0 Å². The molecule has 1 aromatic carbocycles. The summed E-state index contributed by atoms with van der Waals surface area (Å²) in [6, 6.07) is 9.20. The summed E-state index contributed by atoms with van der Waals surface area (Å²) in [7, 11) is 0. The molecule has 0 saturated heterocycles. The predicted molar refractivity (Wildman–Crippen MR) is 74.8 cm³/mol. The summed E-state index contributed by atoms with van der Waals surface area (Å²) in [5.74, 6) is -0.360. The van der Waals surface area contributed by atoms with Gasteiger partial charge in [0.1, 0.15) is 6.04 Å². The molecule has 1 aromatic heterocycles. The monoisotopic (exact) mass is 258 g/mol. The van der Waals surface area contributed by atoms with Crippen LogP contribution >= 0.6 is 0 Å². The van der Waals surface area contributed by atoms with Gasteiger partial charge in [0.25, 0.3) is 0 Å². The molecule has 19 heavy (non-hydrogen) atoms. The molecule has 1 heterocycles. The third-order valence-corrected chi connectivity index (χ3v) is 2.96. The molecule has 0 radical (unpaired) electrons. The summed E-state index contributed by atoms with van der Waals surface area (Å²) in [6.07, 6.45) is 0.461. The van der Waals surface area contributed by atoms with Gasteiger partial charge < -0.3 is 10.5 Å². The quantitative estimate of drug-likeness (QED) is 0.852. The maximum atomic E-state index is 11.6. The van der Waals surface area contributed by atoms with E-state index < -0.39 is 6.04 Å². The second-order valence-corrected chi connectivity index (χ2v) is 4.50. The molecule has 2 N–H and O–H groups in total. The number of fused-ring (bicyclic) bond motifs is 1. The predicted octanol–water partition coefficient (Wildman–Crippen LogP) is 1.98.